The van der Waals surface area contributed by atoms with Crippen LogP contribution in [0.5, 0.6) is 0 Å². The lowest BCUT2D eigenvalue weighted by molar-refractivity contribution is 0.0973. The molecule has 0 saturated carbocycles. The summed E-state index contributed by atoms with van der Waals surface area (Å²) in [6.45, 7) is 3.08. The van der Waals surface area contributed by atoms with Crippen LogP contribution in [0.3, 0.4) is 0 Å². The molecule has 3 atom stereocenters. The molecule has 2 aliphatic rings. The molecule has 4 nitrogen and oxygen atoms in total. The second-order valence-electron chi connectivity index (χ2n) is 5.23. The highest BCUT2D eigenvalue weighted by atomic mass is 16.5. The Morgan fingerprint density at radius 2 is 2.41 bits per heavy atom. The average molecular weight is 235 g/mol. The maximum absolute atomic E-state index is 5.85. The topological polar surface area (TPSA) is 39.1 Å². The summed E-state index contributed by atoms with van der Waals surface area (Å²) in [5.41, 5.74) is 2.54. The number of nitrogens with zero attached hydrogens (tertiary/aromatic N) is 2. The van der Waals surface area contributed by atoms with Gasteiger partial charge in [0.2, 0.25) is 0 Å². The Kier molecular flexibility index (Phi) is 2.92. The first-order chi connectivity index (χ1) is 8.26. The van der Waals surface area contributed by atoms with Gasteiger partial charge in [-0.05, 0) is 25.7 Å². The van der Waals surface area contributed by atoms with E-state index in [0.29, 0.717) is 18.2 Å². The van der Waals surface area contributed by atoms with Crippen LogP contribution in [0.25, 0.3) is 0 Å². The lowest BCUT2D eigenvalue weighted by Crippen LogP contribution is -2.37. The number of rotatable bonds is 4. The van der Waals surface area contributed by atoms with Crippen molar-refractivity contribution in [3.8, 4) is 0 Å². The van der Waals surface area contributed by atoms with Crippen molar-refractivity contribution in [2.24, 2.45) is 7.05 Å². The van der Waals surface area contributed by atoms with Crippen LogP contribution in [-0.4, -0.2) is 28.0 Å². The Bertz CT molecular complexity index is 401. The standard InChI is InChI=1S/C13H21N3O/c1-3-11-9(8-16(2)15-11)7-14-12-6-10-4-5-13(12)17-10/h8,10,12-14H,3-7H2,1-2H3. The van der Waals surface area contributed by atoms with Gasteiger partial charge >= 0.3 is 0 Å². The third kappa shape index (κ3) is 2.11. The molecule has 0 radical (unpaired) electrons. The zero-order chi connectivity index (χ0) is 11.8. The van der Waals surface area contributed by atoms with Crippen molar-refractivity contribution in [2.75, 3.05) is 0 Å². The van der Waals surface area contributed by atoms with E-state index in [4.69, 9.17) is 4.74 Å². The molecule has 94 valence electrons. The van der Waals surface area contributed by atoms with Crippen molar-refractivity contribution < 1.29 is 4.74 Å². The van der Waals surface area contributed by atoms with Gasteiger partial charge < -0.3 is 10.1 Å². The zero-order valence-corrected chi connectivity index (χ0v) is 10.6. The number of hydrogen-bond acceptors (Lipinski definition) is 3. The molecular weight excluding hydrogens is 214 g/mol. The van der Waals surface area contributed by atoms with Gasteiger partial charge in [-0.2, -0.15) is 5.10 Å². The van der Waals surface area contributed by atoms with Crippen molar-refractivity contribution in [2.45, 2.75) is 57.4 Å². The van der Waals surface area contributed by atoms with E-state index in [9.17, 15) is 0 Å². The van der Waals surface area contributed by atoms with Gasteiger partial charge in [-0.1, -0.05) is 6.92 Å². The fourth-order valence-corrected chi connectivity index (χ4v) is 3.12. The van der Waals surface area contributed by atoms with Gasteiger partial charge in [-0.3, -0.25) is 4.68 Å². The molecule has 2 saturated heterocycles. The summed E-state index contributed by atoms with van der Waals surface area (Å²) in [5.74, 6) is 0. The molecule has 2 bridgehead atoms. The fourth-order valence-electron chi connectivity index (χ4n) is 3.12. The van der Waals surface area contributed by atoms with Crippen molar-refractivity contribution in [1.82, 2.24) is 15.1 Å². The fraction of sp³-hybridized carbons (Fsp3) is 0.769. The first-order valence-electron chi connectivity index (χ1n) is 6.66. The number of fused-ring (bicyclic) bond motifs is 2. The predicted molar refractivity (Wildman–Crippen MR) is 65.7 cm³/mol. The van der Waals surface area contributed by atoms with E-state index in [-0.39, 0.29) is 0 Å². The van der Waals surface area contributed by atoms with E-state index in [1.165, 1.54) is 30.5 Å². The first kappa shape index (κ1) is 11.2. The van der Waals surface area contributed by atoms with E-state index >= 15 is 0 Å². The monoisotopic (exact) mass is 235 g/mol. The second-order valence-corrected chi connectivity index (χ2v) is 5.23. The Balaban J connectivity index is 1.60. The Morgan fingerprint density at radius 3 is 3.06 bits per heavy atom. The van der Waals surface area contributed by atoms with Crippen molar-refractivity contribution in [3.63, 3.8) is 0 Å². The molecule has 0 amide bonds. The minimum atomic E-state index is 0.460. The smallest absolute Gasteiger partial charge is 0.0733 e. The summed E-state index contributed by atoms with van der Waals surface area (Å²) in [4.78, 5) is 0. The van der Waals surface area contributed by atoms with E-state index < -0.39 is 0 Å². The minimum absolute atomic E-state index is 0.460. The molecule has 1 aromatic rings. The molecule has 0 aliphatic carbocycles. The highest BCUT2D eigenvalue weighted by Gasteiger charge is 2.40. The Hall–Kier alpha value is -0.870. The summed E-state index contributed by atoms with van der Waals surface area (Å²) >= 11 is 0. The van der Waals surface area contributed by atoms with Crippen LogP contribution in [0.2, 0.25) is 0 Å². The van der Waals surface area contributed by atoms with Crippen LogP contribution in [0.4, 0.5) is 0 Å². The molecule has 3 rings (SSSR count). The Labute approximate surface area is 102 Å². The number of aryl methyl sites for hydroxylation is 2. The van der Waals surface area contributed by atoms with Crippen LogP contribution in [0.15, 0.2) is 6.20 Å². The number of aromatic nitrogens is 2. The third-order valence-corrected chi connectivity index (χ3v) is 3.99. The molecular formula is C13H21N3O. The lowest BCUT2D eigenvalue weighted by atomic mass is 9.95. The van der Waals surface area contributed by atoms with E-state index in [1.54, 1.807) is 0 Å². The number of nitrogens with one attached hydrogen (secondary N) is 1. The van der Waals surface area contributed by atoms with Crippen molar-refractivity contribution in [1.29, 1.82) is 0 Å². The second kappa shape index (κ2) is 4.42. The van der Waals surface area contributed by atoms with Gasteiger partial charge in [0.15, 0.2) is 0 Å². The van der Waals surface area contributed by atoms with Crippen LogP contribution >= 0.6 is 0 Å². The van der Waals surface area contributed by atoms with E-state index in [0.717, 1.165) is 13.0 Å². The predicted octanol–water partition coefficient (Wildman–Crippen LogP) is 1.39. The summed E-state index contributed by atoms with van der Waals surface area (Å²) < 4.78 is 7.76. The van der Waals surface area contributed by atoms with Gasteiger partial charge in [0.25, 0.3) is 0 Å². The molecule has 2 fully saturated rings. The molecule has 2 aliphatic heterocycles. The average Bonchev–Trinajstić information content (AvgIpc) is 3.00. The van der Waals surface area contributed by atoms with Crippen LogP contribution in [-0.2, 0) is 24.8 Å². The molecule has 4 heteroatoms. The number of ether oxygens (including phenoxy) is 1. The normalized spacial score (nSPS) is 31.3. The molecule has 3 heterocycles. The van der Waals surface area contributed by atoms with Gasteiger partial charge in [-0.25, -0.2) is 0 Å². The third-order valence-electron chi connectivity index (χ3n) is 3.99. The van der Waals surface area contributed by atoms with Crippen LogP contribution in [0.1, 0.15) is 37.4 Å². The van der Waals surface area contributed by atoms with Gasteiger partial charge in [0.1, 0.15) is 0 Å². The van der Waals surface area contributed by atoms with Crippen molar-refractivity contribution in [3.05, 3.63) is 17.5 Å². The highest BCUT2D eigenvalue weighted by Crippen LogP contribution is 2.34. The molecule has 0 aromatic carbocycles. The molecule has 1 aromatic heterocycles. The van der Waals surface area contributed by atoms with Gasteiger partial charge in [0.05, 0.1) is 17.9 Å². The highest BCUT2D eigenvalue weighted by molar-refractivity contribution is 5.17. The first-order valence-corrected chi connectivity index (χ1v) is 6.66. The molecule has 0 spiro atoms. The molecule has 1 N–H and O–H groups in total. The minimum Gasteiger partial charge on any atom is -0.373 e. The maximum atomic E-state index is 5.85. The van der Waals surface area contributed by atoms with E-state index in [2.05, 4.69) is 23.5 Å². The Morgan fingerprint density at radius 1 is 1.53 bits per heavy atom. The van der Waals surface area contributed by atoms with Crippen molar-refractivity contribution >= 4 is 0 Å². The summed E-state index contributed by atoms with van der Waals surface area (Å²) in [5, 5.41) is 8.11. The SMILES string of the molecule is CCc1nn(C)cc1CNC1CC2CCC1O2. The largest absolute Gasteiger partial charge is 0.373 e. The van der Waals surface area contributed by atoms with Crippen LogP contribution in [0, 0.1) is 0 Å². The summed E-state index contributed by atoms with van der Waals surface area (Å²) in [6, 6.07) is 0.554. The molecule has 3 unspecified atom stereocenters. The van der Waals surface area contributed by atoms with Gasteiger partial charge in [-0.15, -0.1) is 0 Å². The van der Waals surface area contributed by atoms with Gasteiger partial charge in [0, 0.05) is 31.4 Å². The van der Waals surface area contributed by atoms with E-state index in [1.807, 2.05) is 11.7 Å². The molecule has 17 heavy (non-hydrogen) atoms. The summed E-state index contributed by atoms with van der Waals surface area (Å²) in [6.07, 6.45) is 7.79. The zero-order valence-electron chi connectivity index (χ0n) is 10.6. The quantitative estimate of drug-likeness (QED) is 0.857. The summed E-state index contributed by atoms with van der Waals surface area (Å²) in [7, 11) is 1.99. The maximum Gasteiger partial charge on any atom is 0.0733 e. The number of hydrogen-bond donors (Lipinski definition) is 1. The van der Waals surface area contributed by atoms with Crippen LogP contribution < -0.4 is 5.32 Å². The lowest BCUT2D eigenvalue weighted by Gasteiger charge is -2.19.